The van der Waals surface area contributed by atoms with Gasteiger partial charge in [-0.2, -0.15) is 0 Å². The molecule has 23 heavy (non-hydrogen) atoms. The summed E-state index contributed by atoms with van der Waals surface area (Å²) in [6.45, 7) is 2.55. The highest BCUT2D eigenvalue weighted by molar-refractivity contribution is 9.10. The molecule has 0 heterocycles. The van der Waals surface area contributed by atoms with Crippen LogP contribution in [0.3, 0.4) is 0 Å². The predicted octanol–water partition coefficient (Wildman–Crippen LogP) is 3.94. The number of aldehydes is 1. The molecule has 0 aliphatic rings. The second kappa shape index (κ2) is 7.78. The Balaban J connectivity index is 2.17. The minimum atomic E-state index is -0.968. The van der Waals surface area contributed by atoms with Gasteiger partial charge in [0.1, 0.15) is 6.61 Å². The molecule has 0 unspecified atom stereocenters. The van der Waals surface area contributed by atoms with Gasteiger partial charge in [0.05, 0.1) is 12.2 Å². The molecular formula is C17H15BrO5. The number of halogens is 1. The van der Waals surface area contributed by atoms with Gasteiger partial charge in [-0.25, -0.2) is 4.79 Å². The smallest absolute Gasteiger partial charge is 0.335 e. The van der Waals surface area contributed by atoms with Gasteiger partial charge in [-0.3, -0.25) is 4.79 Å². The summed E-state index contributed by atoms with van der Waals surface area (Å²) in [6, 6.07) is 9.73. The van der Waals surface area contributed by atoms with E-state index in [-0.39, 0.29) is 12.2 Å². The van der Waals surface area contributed by atoms with Gasteiger partial charge >= 0.3 is 5.97 Å². The van der Waals surface area contributed by atoms with Gasteiger partial charge in [-0.1, -0.05) is 12.1 Å². The van der Waals surface area contributed by atoms with Crippen molar-refractivity contribution < 1.29 is 24.2 Å². The van der Waals surface area contributed by atoms with Gasteiger partial charge in [-0.05, 0) is 52.7 Å². The van der Waals surface area contributed by atoms with E-state index in [2.05, 4.69) is 15.9 Å². The molecule has 0 saturated carbocycles. The zero-order valence-corrected chi connectivity index (χ0v) is 14.0. The molecule has 0 amide bonds. The van der Waals surface area contributed by atoms with E-state index in [1.807, 2.05) is 6.92 Å². The third-order valence-corrected chi connectivity index (χ3v) is 3.77. The molecule has 0 atom stereocenters. The van der Waals surface area contributed by atoms with Gasteiger partial charge in [0, 0.05) is 10.0 Å². The van der Waals surface area contributed by atoms with E-state index in [1.54, 1.807) is 24.3 Å². The summed E-state index contributed by atoms with van der Waals surface area (Å²) >= 11 is 3.31. The Kier molecular flexibility index (Phi) is 5.76. The number of carboxylic acid groups (broad SMARTS) is 1. The van der Waals surface area contributed by atoms with Gasteiger partial charge in [0.15, 0.2) is 17.8 Å². The molecule has 5 nitrogen and oxygen atoms in total. The second-order valence-corrected chi connectivity index (χ2v) is 5.52. The summed E-state index contributed by atoms with van der Waals surface area (Å²) < 4.78 is 11.8. The van der Waals surface area contributed by atoms with Crippen LogP contribution in [-0.4, -0.2) is 24.0 Å². The number of hydrogen-bond donors (Lipinski definition) is 1. The monoisotopic (exact) mass is 378 g/mol. The molecule has 2 rings (SSSR count). The van der Waals surface area contributed by atoms with E-state index in [0.717, 1.165) is 11.8 Å². The van der Waals surface area contributed by atoms with E-state index >= 15 is 0 Å². The number of rotatable bonds is 7. The largest absolute Gasteiger partial charge is 0.490 e. The molecule has 0 bridgehead atoms. The van der Waals surface area contributed by atoms with Crippen LogP contribution in [0.2, 0.25) is 0 Å². The maximum absolute atomic E-state index is 11.0. The SMILES string of the molecule is CCOc1cc(C=O)c(Br)cc1OCc1ccc(C(=O)O)cc1. The zero-order chi connectivity index (χ0) is 16.8. The number of hydrogen-bond acceptors (Lipinski definition) is 4. The molecule has 0 radical (unpaired) electrons. The summed E-state index contributed by atoms with van der Waals surface area (Å²) in [6.07, 6.45) is 0.737. The summed E-state index contributed by atoms with van der Waals surface area (Å²) in [4.78, 5) is 21.8. The van der Waals surface area contributed by atoms with Crippen molar-refractivity contribution in [2.45, 2.75) is 13.5 Å². The van der Waals surface area contributed by atoms with E-state index in [1.165, 1.54) is 12.1 Å². The topological polar surface area (TPSA) is 72.8 Å². The van der Waals surface area contributed by atoms with Crippen molar-refractivity contribution in [3.63, 3.8) is 0 Å². The number of carboxylic acids is 1. The van der Waals surface area contributed by atoms with Crippen LogP contribution in [0, 0.1) is 0 Å². The quantitative estimate of drug-likeness (QED) is 0.738. The summed E-state index contributed by atoms with van der Waals surface area (Å²) in [5.41, 5.74) is 1.53. The fraction of sp³-hybridized carbons (Fsp3) is 0.176. The van der Waals surface area contributed by atoms with Crippen LogP contribution < -0.4 is 9.47 Å². The molecule has 0 saturated heterocycles. The Morgan fingerprint density at radius 1 is 1.17 bits per heavy atom. The summed E-state index contributed by atoms with van der Waals surface area (Å²) in [5.74, 6) is 0.0241. The number of benzene rings is 2. The fourth-order valence-electron chi connectivity index (χ4n) is 1.93. The maximum Gasteiger partial charge on any atom is 0.335 e. The van der Waals surface area contributed by atoms with Crippen LogP contribution in [0.25, 0.3) is 0 Å². The van der Waals surface area contributed by atoms with Crippen molar-refractivity contribution in [2.24, 2.45) is 0 Å². The molecule has 6 heteroatoms. The molecule has 2 aromatic rings. The van der Waals surface area contributed by atoms with E-state index in [4.69, 9.17) is 14.6 Å². The Bertz CT molecular complexity index is 710. The van der Waals surface area contributed by atoms with Crippen LogP contribution >= 0.6 is 15.9 Å². The highest BCUT2D eigenvalue weighted by atomic mass is 79.9. The average molecular weight is 379 g/mol. The van der Waals surface area contributed by atoms with Gasteiger partial charge in [0.25, 0.3) is 0 Å². The third kappa shape index (κ3) is 4.32. The van der Waals surface area contributed by atoms with E-state index in [9.17, 15) is 9.59 Å². The zero-order valence-electron chi connectivity index (χ0n) is 12.4. The van der Waals surface area contributed by atoms with E-state index in [0.29, 0.717) is 28.1 Å². The van der Waals surface area contributed by atoms with Crippen molar-refractivity contribution in [3.8, 4) is 11.5 Å². The Morgan fingerprint density at radius 3 is 2.39 bits per heavy atom. The summed E-state index contributed by atoms with van der Waals surface area (Å²) in [5, 5.41) is 8.88. The molecule has 0 fully saturated rings. The molecule has 0 aliphatic carbocycles. The van der Waals surface area contributed by atoms with Crippen molar-refractivity contribution >= 4 is 28.2 Å². The van der Waals surface area contributed by atoms with Crippen LogP contribution in [0.5, 0.6) is 11.5 Å². The lowest BCUT2D eigenvalue weighted by Crippen LogP contribution is -2.02. The number of carbonyl (C=O) groups is 2. The Hall–Kier alpha value is -2.34. The van der Waals surface area contributed by atoms with Crippen LogP contribution in [0.4, 0.5) is 0 Å². The fourth-order valence-corrected chi connectivity index (χ4v) is 2.34. The highest BCUT2D eigenvalue weighted by Crippen LogP contribution is 2.33. The molecule has 120 valence electrons. The first-order valence-electron chi connectivity index (χ1n) is 6.91. The van der Waals surface area contributed by atoms with Crippen molar-refractivity contribution in [1.82, 2.24) is 0 Å². The third-order valence-electron chi connectivity index (χ3n) is 3.09. The summed E-state index contributed by atoms with van der Waals surface area (Å²) in [7, 11) is 0. The number of ether oxygens (including phenoxy) is 2. The minimum absolute atomic E-state index is 0.224. The van der Waals surface area contributed by atoms with Crippen molar-refractivity contribution in [2.75, 3.05) is 6.61 Å². The molecule has 0 aliphatic heterocycles. The lowest BCUT2D eigenvalue weighted by Gasteiger charge is -2.13. The number of carbonyl (C=O) groups excluding carboxylic acids is 1. The first-order valence-corrected chi connectivity index (χ1v) is 7.71. The predicted molar refractivity (Wildman–Crippen MR) is 88.4 cm³/mol. The second-order valence-electron chi connectivity index (χ2n) is 4.66. The molecule has 2 aromatic carbocycles. The number of aromatic carboxylic acids is 1. The molecule has 1 N–H and O–H groups in total. The Morgan fingerprint density at radius 2 is 1.83 bits per heavy atom. The minimum Gasteiger partial charge on any atom is -0.490 e. The van der Waals surface area contributed by atoms with Crippen molar-refractivity contribution in [1.29, 1.82) is 0 Å². The molecule has 0 aromatic heterocycles. The maximum atomic E-state index is 11.0. The van der Waals surface area contributed by atoms with Gasteiger partial charge in [0.2, 0.25) is 0 Å². The van der Waals surface area contributed by atoms with Crippen LogP contribution in [-0.2, 0) is 6.61 Å². The standard InChI is InChI=1S/C17H15BrO5/c1-2-22-15-7-13(9-19)14(18)8-16(15)23-10-11-3-5-12(6-4-11)17(20)21/h3-9H,2,10H2,1H3,(H,20,21). The van der Waals surface area contributed by atoms with Crippen LogP contribution in [0.1, 0.15) is 33.2 Å². The first-order chi connectivity index (χ1) is 11.0. The van der Waals surface area contributed by atoms with Crippen molar-refractivity contribution in [3.05, 3.63) is 57.6 Å². The first kappa shape index (κ1) is 17.0. The molecular weight excluding hydrogens is 364 g/mol. The normalized spacial score (nSPS) is 10.2. The lowest BCUT2D eigenvalue weighted by molar-refractivity contribution is 0.0696. The highest BCUT2D eigenvalue weighted by Gasteiger charge is 2.11. The Labute approximate surface area is 142 Å². The lowest BCUT2D eigenvalue weighted by atomic mass is 10.1. The molecule has 0 spiro atoms. The van der Waals surface area contributed by atoms with E-state index < -0.39 is 5.97 Å². The van der Waals surface area contributed by atoms with Gasteiger partial charge in [-0.15, -0.1) is 0 Å². The average Bonchev–Trinajstić information content (AvgIpc) is 2.55. The van der Waals surface area contributed by atoms with Crippen LogP contribution in [0.15, 0.2) is 40.9 Å². The van der Waals surface area contributed by atoms with Gasteiger partial charge < -0.3 is 14.6 Å².